The first-order valence-electron chi connectivity index (χ1n) is 9.01. The van der Waals surface area contributed by atoms with Gasteiger partial charge in [0.15, 0.2) is 9.84 Å². The first-order chi connectivity index (χ1) is 13.7. The number of hydrogen-bond acceptors (Lipinski definition) is 7. The molecule has 4 aromatic heterocycles. The van der Waals surface area contributed by atoms with Crippen LogP contribution in [0.2, 0.25) is 0 Å². The molecule has 0 saturated heterocycles. The molecule has 0 aromatic carbocycles. The zero-order valence-electron chi connectivity index (χ0n) is 16.2. The maximum absolute atomic E-state index is 13.2. The van der Waals surface area contributed by atoms with Crippen molar-refractivity contribution in [2.45, 2.75) is 30.4 Å². The van der Waals surface area contributed by atoms with E-state index in [4.69, 9.17) is 9.84 Å². The van der Waals surface area contributed by atoms with Gasteiger partial charge in [0.2, 0.25) is 0 Å². The summed E-state index contributed by atoms with van der Waals surface area (Å²) in [4.78, 5) is 8.80. The third kappa shape index (κ3) is 3.23. The van der Waals surface area contributed by atoms with Gasteiger partial charge < -0.3 is 9.84 Å². The second-order valence-corrected chi connectivity index (χ2v) is 10.3. The number of rotatable bonds is 5. The molecule has 152 valence electrons. The number of nitrogens with zero attached hydrogens (tertiary/aromatic N) is 4. The zero-order chi connectivity index (χ0) is 20.8. The zero-order valence-corrected chi connectivity index (χ0v) is 17.1. The molecule has 0 aliphatic heterocycles. The van der Waals surface area contributed by atoms with E-state index < -0.39 is 14.6 Å². The Morgan fingerprint density at radius 2 is 1.97 bits per heavy atom. The molecule has 0 fully saturated rings. The Balaban J connectivity index is 1.94. The summed E-state index contributed by atoms with van der Waals surface area (Å²) in [5.41, 5.74) is 3.46. The van der Waals surface area contributed by atoms with Crippen molar-refractivity contribution < 1.29 is 18.3 Å². The standard InChI is InChI=1S/C19H21N5O4S/c1-19(2,3)29(26,27)17-11-24-15(10-21-18(24)7-16(17)28-5-4-25)12-6-13-14(20-8-12)9-22-23-13/h6-11,25H,4-5H2,1-3H3,(H,22,23). The molecule has 0 spiro atoms. The highest BCUT2D eigenvalue weighted by Gasteiger charge is 2.34. The number of imidazole rings is 1. The molecule has 0 aliphatic carbocycles. The van der Waals surface area contributed by atoms with Crippen LogP contribution in [0.3, 0.4) is 0 Å². The van der Waals surface area contributed by atoms with Crippen LogP contribution in [0.15, 0.2) is 41.8 Å². The van der Waals surface area contributed by atoms with Crippen molar-refractivity contribution in [3.8, 4) is 17.0 Å². The van der Waals surface area contributed by atoms with Gasteiger partial charge in [0.25, 0.3) is 0 Å². The Morgan fingerprint density at radius 1 is 1.17 bits per heavy atom. The van der Waals surface area contributed by atoms with Crippen molar-refractivity contribution in [1.82, 2.24) is 24.6 Å². The van der Waals surface area contributed by atoms with E-state index in [0.717, 1.165) is 16.6 Å². The lowest BCUT2D eigenvalue weighted by atomic mass is 10.2. The van der Waals surface area contributed by atoms with Gasteiger partial charge in [-0.15, -0.1) is 0 Å². The number of ether oxygens (including phenoxy) is 1. The summed E-state index contributed by atoms with van der Waals surface area (Å²) in [6, 6.07) is 3.45. The summed E-state index contributed by atoms with van der Waals surface area (Å²) in [7, 11) is -3.72. The summed E-state index contributed by atoms with van der Waals surface area (Å²) in [5.74, 6) is 0.167. The Labute approximate surface area is 167 Å². The first kappa shape index (κ1) is 19.3. The molecule has 0 radical (unpaired) electrons. The molecule has 0 aliphatic rings. The van der Waals surface area contributed by atoms with Crippen LogP contribution in [-0.2, 0) is 9.84 Å². The third-order valence-corrected chi connectivity index (χ3v) is 7.10. The van der Waals surface area contributed by atoms with Gasteiger partial charge in [-0.2, -0.15) is 5.10 Å². The molecule has 29 heavy (non-hydrogen) atoms. The van der Waals surface area contributed by atoms with E-state index in [2.05, 4.69) is 20.2 Å². The largest absolute Gasteiger partial charge is 0.490 e. The third-order valence-electron chi connectivity index (χ3n) is 4.61. The molecular weight excluding hydrogens is 394 g/mol. The van der Waals surface area contributed by atoms with E-state index in [0.29, 0.717) is 11.3 Å². The van der Waals surface area contributed by atoms with Crippen molar-refractivity contribution >= 4 is 26.5 Å². The maximum Gasteiger partial charge on any atom is 0.188 e. The molecule has 2 N–H and O–H groups in total. The predicted octanol–water partition coefficient (Wildman–Crippen LogP) is 2.22. The lowest BCUT2D eigenvalue weighted by Crippen LogP contribution is -2.28. The van der Waals surface area contributed by atoms with Crippen molar-refractivity contribution in [3.63, 3.8) is 0 Å². The monoisotopic (exact) mass is 415 g/mol. The highest BCUT2D eigenvalue weighted by atomic mass is 32.2. The Morgan fingerprint density at radius 3 is 2.69 bits per heavy atom. The Bertz CT molecular complexity index is 1300. The lowest BCUT2D eigenvalue weighted by Gasteiger charge is -2.21. The molecule has 4 rings (SSSR count). The van der Waals surface area contributed by atoms with Gasteiger partial charge in [-0.25, -0.2) is 13.4 Å². The van der Waals surface area contributed by atoms with Crippen LogP contribution in [0.4, 0.5) is 0 Å². The van der Waals surface area contributed by atoms with E-state index in [1.807, 2.05) is 6.07 Å². The van der Waals surface area contributed by atoms with Gasteiger partial charge in [-0.1, -0.05) is 0 Å². The van der Waals surface area contributed by atoms with E-state index in [-0.39, 0.29) is 23.9 Å². The van der Waals surface area contributed by atoms with Gasteiger partial charge in [0.05, 0.1) is 35.0 Å². The molecule has 0 saturated carbocycles. The van der Waals surface area contributed by atoms with Crippen LogP contribution in [0, 0.1) is 0 Å². The van der Waals surface area contributed by atoms with Crippen molar-refractivity contribution in [3.05, 3.63) is 36.9 Å². The molecule has 0 atom stereocenters. The number of aliphatic hydroxyl groups excluding tert-OH is 1. The van der Waals surface area contributed by atoms with E-state index in [9.17, 15) is 8.42 Å². The fourth-order valence-corrected chi connectivity index (χ4v) is 4.26. The second kappa shape index (κ2) is 6.82. The number of aromatic nitrogens is 5. The molecule has 10 heteroatoms. The Hall–Kier alpha value is -2.98. The first-order valence-corrected chi connectivity index (χ1v) is 10.5. The quantitative estimate of drug-likeness (QED) is 0.512. The summed E-state index contributed by atoms with van der Waals surface area (Å²) >= 11 is 0. The van der Waals surface area contributed by atoms with Crippen LogP contribution in [0.5, 0.6) is 5.75 Å². The van der Waals surface area contributed by atoms with Crippen LogP contribution in [-0.4, -0.2) is 56.1 Å². The number of aromatic amines is 1. The fraction of sp³-hybridized carbons (Fsp3) is 0.316. The summed E-state index contributed by atoms with van der Waals surface area (Å²) in [6.07, 6.45) is 6.49. The van der Waals surface area contributed by atoms with E-state index in [1.54, 1.807) is 49.8 Å². The minimum absolute atomic E-state index is 0.0171. The average molecular weight is 415 g/mol. The number of sulfone groups is 1. The number of nitrogens with one attached hydrogen (secondary N) is 1. The number of fused-ring (bicyclic) bond motifs is 2. The van der Waals surface area contributed by atoms with Gasteiger partial charge in [-0.05, 0) is 26.8 Å². The number of H-pyrrole nitrogens is 1. The highest BCUT2D eigenvalue weighted by molar-refractivity contribution is 7.92. The topological polar surface area (TPSA) is 122 Å². The molecular formula is C19H21N5O4S. The highest BCUT2D eigenvalue weighted by Crippen LogP contribution is 2.34. The Kier molecular flexibility index (Phi) is 4.55. The number of hydrogen-bond donors (Lipinski definition) is 2. The van der Waals surface area contributed by atoms with Gasteiger partial charge in [0.1, 0.15) is 28.4 Å². The van der Waals surface area contributed by atoms with Crippen LogP contribution in [0.1, 0.15) is 20.8 Å². The molecule has 9 nitrogen and oxygen atoms in total. The van der Waals surface area contributed by atoms with Crippen molar-refractivity contribution in [2.24, 2.45) is 0 Å². The molecule has 4 heterocycles. The molecule has 0 amide bonds. The SMILES string of the molecule is CC(C)(C)S(=O)(=O)c1cn2c(-c3cnc4cn[nH]c4c3)cnc2cc1OCCO. The normalized spacial score (nSPS) is 12.7. The smallest absolute Gasteiger partial charge is 0.188 e. The van der Waals surface area contributed by atoms with Crippen molar-refractivity contribution in [2.75, 3.05) is 13.2 Å². The minimum atomic E-state index is -3.72. The summed E-state index contributed by atoms with van der Waals surface area (Å²) in [6.45, 7) is 4.65. The fourth-order valence-electron chi connectivity index (χ4n) is 2.97. The van der Waals surface area contributed by atoms with E-state index in [1.165, 1.54) is 6.20 Å². The molecule has 0 unspecified atom stereocenters. The maximum atomic E-state index is 13.2. The number of pyridine rings is 2. The number of aliphatic hydroxyl groups is 1. The van der Waals surface area contributed by atoms with Gasteiger partial charge in [-0.3, -0.25) is 14.5 Å². The summed E-state index contributed by atoms with van der Waals surface area (Å²) < 4.78 is 32.6. The van der Waals surface area contributed by atoms with Gasteiger partial charge >= 0.3 is 0 Å². The van der Waals surface area contributed by atoms with Crippen LogP contribution in [0.25, 0.3) is 27.9 Å². The summed E-state index contributed by atoms with van der Waals surface area (Å²) in [5, 5.41) is 16.0. The second-order valence-electron chi connectivity index (χ2n) is 7.59. The molecule has 0 bridgehead atoms. The predicted molar refractivity (Wildman–Crippen MR) is 108 cm³/mol. The van der Waals surface area contributed by atoms with Crippen LogP contribution < -0.4 is 4.74 Å². The van der Waals surface area contributed by atoms with Crippen molar-refractivity contribution in [1.29, 1.82) is 0 Å². The lowest BCUT2D eigenvalue weighted by molar-refractivity contribution is 0.198. The van der Waals surface area contributed by atoms with E-state index >= 15 is 0 Å². The average Bonchev–Trinajstić information content (AvgIpc) is 3.30. The minimum Gasteiger partial charge on any atom is -0.490 e. The molecule has 4 aromatic rings. The van der Waals surface area contributed by atoms with Crippen LogP contribution >= 0.6 is 0 Å². The van der Waals surface area contributed by atoms with Gasteiger partial charge in [0, 0.05) is 24.0 Å².